The van der Waals surface area contributed by atoms with Crippen LogP contribution in [0.5, 0.6) is 11.5 Å². The van der Waals surface area contributed by atoms with Crippen LogP contribution in [0.3, 0.4) is 0 Å². The maximum atomic E-state index is 13.1. The molecule has 1 fully saturated rings. The molecule has 0 spiro atoms. The standard InChI is InChI=1S/C28H35NO6/c1-4-5-6-16-35-23-13-11-20(12-14-23)26(31)24-25(21-9-7-10-22(30)18-21)29(28(33)27(24)32)15-8-17-34-19(2)3/h7,9-14,18-19,25,30-31H,4-6,8,15-17H2,1-3H3/b26-24-. The highest BCUT2D eigenvalue weighted by molar-refractivity contribution is 6.46. The Morgan fingerprint density at radius 2 is 1.77 bits per heavy atom. The Balaban J connectivity index is 1.91. The van der Waals surface area contributed by atoms with E-state index in [9.17, 15) is 19.8 Å². The van der Waals surface area contributed by atoms with Crippen LogP contribution in [-0.2, 0) is 14.3 Å². The summed E-state index contributed by atoms with van der Waals surface area (Å²) in [5.41, 5.74) is 0.964. The van der Waals surface area contributed by atoms with E-state index in [0.29, 0.717) is 36.5 Å². The Morgan fingerprint density at radius 1 is 1.03 bits per heavy atom. The van der Waals surface area contributed by atoms with Gasteiger partial charge in [0.2, 0.25) is 0 Å². The molecule has 1 amide bonds. The summed E-state index contributed by atoms with van der Waals surface area (Å²) in [6, 6.07) is 12.4. The number of phenolic OH excluding ortho intramolecular Hbond substituents is 1. The number of hydrogen-bond acceptors (Lipinski definition) is 6. The molecule has 7 heteroatoms. The highest BCUT2D eigenvalue weighted by atomic mass is 16.5. The highest BCUT2D eigenvalue weighted by Gasteiger charge is 2.45. The zero-order valence-electron chi connectivity index (χ0n) is 20.7. The van der Waals surface area contributed by atoms with E-state index < -0.39 is 17.7 Å². The number of nitrogens with zero attached hydrogens (tertiary/aromatic N) is 1. The van der Waals surface area contributed by atoms with Crippen LogP contribution >= 0.6 is 0 Å². The van der Waals surface area contributed by atoms with E-state index in [0.717, 1.165) is 19.3 Å². The van der Waals surface area contributed by atoms with Crippen molar-refractivity contribution in [2.24, 2.45) is 0 Å². The van der Waals surface area contributed by atoms with Gasteiger partial charge in [-0.25, -0.2) is 0 Å². The summed E-state index contributed by atoms with van der Waals surface area (Å²) in [7, 11) is 0. The van der Waals surface area contributed by atoms with Crippen molar-refractivity contribution in [1.29, 1.82) is 0 Å². The molecule has 35 heavy (non-hydrogen) atoms. The normalized spacial score (nSPS) is 17.4. The number of Topliss-reactive ketones (excluding diaryl/α,β-unsaturated/α-hetero) is 1. The van der Waals surface area contributed by atoms with Crippen molar-refractivity contribution >= 4 is 17.4 Å². The third-order valence-corrected chi connectivity index (χ3v) is 5.86. The van der Waals surface area contributed by atoms with E-state index in [1.165, 1.54) is 17.0 Å². The third kappa shape index (κ3) is 6.63. The monoisotopic (exact) mass is 481 g/mol. The molecule has 7 nitrogen and oxygen atoms in total. The first-order valence-corrected chi connectivity index (χ1v) is 12.3. The molecule has 2 aromatic rings. The topological polar surface area (TPSA) is 96.3 Å². The van der Waals surface area contributed by atoms with Gasteiger partial charge in [0, 0.05) is 18.7 Å². The Labute approximate surface area is 207 Å². The first kappa shape index (κ1) is 26.3. The molecular formula is C28H35NO6. The van der Waals surface area contributed by atoms with Gasteiger partial charge in [-0.3, -0.25) is 9.59 Å². The number of aliphatic hydroxyl groups is 1. The number of amides is 1. The van der Waals surface area contributed by atoms with Gasteiger partial charge in [0.05, 0.1) is 24.3 Å². The van der Waals surface area contributed by atoms with Crippen LogP contribution < -0.4 is 4.74 Å². The predicted molar refractivity (Wildman–Crippen MR) is 134 cm³/mol. The molecule has 1 heterocycles. The van der Waals surface area contributed by atoms with Crippen LogP contribution in [0.2, 0.25) is 0 Å². The molecule has 2 N–H and O–H groups in total. The quantitative estimate of drug-likeness (QED) is 0.187. The number of aliphatic hydroxyl groups excluding tert-OH is 1. The third-order valence-electron chi connectivity index (χ3n) is 5.86. The number of ketones is 1. The number of aromatic hydroxyl groups is 1. The van der Waals surface area contributed by atoms with Gasteiger partial charge in [-0.05, 0) is 68.7 Å². The predicted octanol–water partition coefficient (Wildman–Crippen LogP) is 5.20. The molecule has 1 atom stereocenters. The Kier molecular flexibility index (Phi) is 9.32. The lowest BCUT2D eigenvalue weighted by Gasteiger charge is -2.25. The Hall–Kier alpha value is -3.32. The first-order chi connectivity index (χ1) is 16.8. The Bertz CT molecular complexity index is 1040. The number of hydrogen-bond donors (Lipinski definition) is 2. The fourth-order valence-electron chi connectivity index (χ4n) is 4.11. The molecule has 0 aromatic heterocycles. The average Bonchev–Trinajstić information content (AvgIpc) is 3.09. The SMILES string of the molecule is CCCCCOc1ccc(/C(O)=C2/C(=O)C(=O)N(CCCOC(C)C)C2c2cccc(O)c2)cc1. The molecule has 1 aliphatic heterocycles. The summed E-state index contributed by atoms with van der Waals surface area (Å²) in [5.74, 6) is -0.996. The van der Waals surface area contributed by atoms with E-state index in [-0.39, 0.29) is 29.7 Å². The second kappa shape index (κ2) is 12.4. The molecule has 188 valence electrons. The van der Waals surface area contributed by atoms with Crippen molar-refractivity contribution in [3.05, 3.63) is 65.2 Å². The second-order valence-electron chi connectivity index (χ2n) is 8.94. The largest absolute Gasteiger partial charge is 0.508 e. The number of benzene rings is 2. The minimum absolute atomic E-state index is 0.00184. The molecule has 0 radical (unpaired) electrons. The van der Waals surface area contributed by atoms with Gasteiger partial charge in [0.15, 0.2) is 0 Å². The highest BCUT2D eigenvalue weighted by Crippen LogP contribution is 2.40. The lowest BCUT2D eigenvalue weighted by molar-refractivity contribution is -0.140. The van der Waals surface area contributed by atoms with E-state index >= 15 is 0 Å². The van der Waals surface area contributed by atoms with Gasteiger partial charge in [-0.1, -0.05) is 31.9 Å². The number of rotatable bonds is 12. The number of ether oxygens (including phenoxy) is 2. The molecule has 1 unspecified atom stereocenters. The molecule has 0 bridgehead atoms. The summed E-state index contributed by atoms with van der Waals surface area (Å²) in [6.07, 6.45) is 3.76. The Morgan fingerprint density at radius 3 is 2.43 bits per heavy atom. The number of likely N-dealkylation sites (tertiary alicyclic amines) is 1. The molecule has 0 saturated carbocycles. The zero-order chi connectivity index (χ0) is 25.4. The maximum Gasteiger partial charge on any atom is 0.295 e. The van der Waals surface area contributed by atoms with Crippen LogP contribution in [0.15, 0.2) is 54.1 Å². The summed E-state index contributed by atoms with van der Waals surface area (Å²) in [5, 5.41) is 21.2. The van der Waals surface area contributed by atoms with E-state index in [1.54, 1.807) is 36.4 Å². The van der Waals surface area contributed by atoms with Crippen molar-refractivity contribution in [1.82, 2.24) is 4.90 Å². The summed E-state index contributed by atoms with van der Waals surface area (Å²) in [4.78, 5) is 27.5. The number of carbonyl (C=O) groups is 2. The minimum Gasteiger partial charge on any atom is -0.508 e. The van der Waals surface area contributed by atoms with E-state index in [1.807, 2.05) is 13.8 Å². The summed E-state index contributed by atoms with van der Waals surface area (Å²) >= 11 is 0. The molecule has 0 aliphatic carbocycles. The number of carbonyl (C=O) groups excluding carboxylic acids is 2. The number of unbranched alkanes of at least 4 members (excludes halogenated alkanes) is 2. The molecule has 1 aliphatic rings. The fraction of sp³-hybridized carbons (Fsp3) is 0.429. The van der Waals surface area contributed by atoms with Crippen molar-refractivity contribution in [2.45, 2.75) is 58.6 Å². The van der Waals surface area contributed by atoms with Crippen molar-refractivity contribution < 1.29 is 29.3 Å². The van der Waals surface area contributed by atoms with Crippen LogP contribution in [-0.4, -0.2) is 52.7 Å². The van der Waals surface area contributed by atoms with Crippen molar-refractivity contribution in [3.8, 4) is 11.5 Å². The van der Waals surface area contributed by atoms with Crippen molar-refractivity contribution in [3.63, 3.8) is 0 Å². The van der Waals surface area contributed by atoms with E-state index in [4.69, 9.17) is 9.47 Å². The summed E-state index contributed by atoms with van der Waals surface area (Å²) < 4.78 is 11.3. The van der Waals surface area contributed by atoms with Gasteiger partial charge in [-0.15, -0.1) is 0 Å². The van der Waals surface area contributed by atoms with Crippen molar-refractivity contribution in [2.75, 3.05) is 19.8 Å². The number of phenols is 1. The van der Waals surface area contributed by atoms with Gasteiger partial charge in [-0.2, -0.15) is 0 Å². The molecular weight excluding hydrogens is 446 g/mol. The lowest BCUT2D eigenvalue weighted by Crippen LogP contribution is -2.31. The first-order valence-electron chi connectivity index (χ1n) is 12.3. The minimum atomic E-state index is -0.814. The maximum absolute atomic E-state index is 13.1. The zero-order valence-corrected chi connectivity index (χ0v) is 20.7. The van der Waals surface area contributed by atoms with Gasteiger partial charge in [0.1, 0.15) is 17.3 Å². The van der Waals surface area contributed by atoms with E-state index in [2.05, 4.69) is 6.92 Å². The fourth-order valence-corrected chi connectivity index (χ4v) is 4.11. The molecule has 1 saturated heterocycles. The summed E-state index contributed by atoms with van der Waals surface area (Å²) in [6.45, 7) is 7.32. The van der Waals surface area contributed by atoms with Crippen LogP contribution in [0, 0.1) is 0 Å². The van der Waals surface area contributed by atoms with Gasteiger partial charge in [0.25, 0.3) is 11.7 Å². The molecule has 2 aromatic carbocycles. The van der Waals surface area contributed by atoms with Crippen LogP contribution in [0.4, 0.5) is 0 Å². The average molecular weight is 482 g/mol. The second-order valence-corrected chi connectivity index (χ2v) is 8.94. The van der Waals surface area contributed by atoms with Crippen LogP contribution in [0.25, 0.3) is 5.76 Å². The smallest absolute Gasteiger partial charge is 0.295 e. The molecule has 3 rings (SSSR count). The van der Waals surface area contributed by atoms with Gasteiger partial charge >= 0.3 is 0 Å². The van der Waals surface area contributed by atoms with Gasteiger partial charge < -0.3 is 24.6 Å². The lowest BCUT2D eigenvalue weighted by atomic mass is 9.95. The van der Waals surface area contributed by atoms with Crippen LogP contribution in [0.1, 0.15) is 63.6 Å².